The van der Waals surface area contributed by atoms with Gasteiger partial charge in [0.1, 0.15) is 12.4 Å². The number of benzene rings is 2. The normalized spacial score (nSPS) is 15.1. The van der Waals surface area contributed by atoms with Crippen molar-refractivity contribution in [2.24, 2.45) is 0 Å². The maximum atomic E-state index is 8.79. The second kappa shape index (κ2) is 7.85. The number of piperazine rings is 1. The van der Waals surface area contributed by atoms with Gasteiger partial charge in [-0.25, -0.2) is 0 Å². The summed E-state index contributed by atoms with van der Waals surface area (Å²) >= 11 is 0. The summed E-state index contributed by atoms with van der Waals surface area (Å²) in [7, 11) is 0. The summed E-state index contributed by atoms with van der Waals surface area (Å²) < 4.78 is 5.77. The van der Waals surface area contributed by atoms with E-state index in [1.165, 1.54) is 11.3 Å². The minimum absolute atomic E-state index is 0.662. The van der Waals surface area contributed by atoms with Gasteiger partial charge >= 0.3 is 0 Å². The lowest BCUT2D eigenvalue weighted by molar-refractivity contribution is 0.200. The Hall–Kier alpha value is -2.51. The second-order valence-corrected chi connectivity index (χ2v) is 6.15. The molecule has 4 heteroatoms. The van der Waals surface area contributed by atoms with Crippen LogP contribution in [-0.2, 0) is 0 Å². The number of nitrogens with zero attached hydrogens (tertiary/aromatic N) is 3. The van der Waals surface area contributed by atoms with Gasteiger partial charge in [-0.05, 0) is 48.9 Å². The number of hydrogen-bond acceptors (Lipinski definition) is 4. The molecule has 1 saturated heterocycles. The van der Waals surface area contributed by atoms with Crippen LogP contribution in [0.1, 0.15) is 11.1 Å². The number of rotatable bonds is 5. The Bertz CT molecular complexity index is 698. The average Bonchev–Trinajstić information content (AvgIpc) is 2.63. The number of ether oxygens (including phenoxy) is 1. The van der Waals surface area contributed by atoms with Crippen molar-refractivity contribution >= 4 is 5.69 Å². The summed E-state index contributed by atoms with van der Waals surface area (Å²) in [5.74, 6) is 0.826. The quantitative estimate of drug-likeness (QED) is 0.848. The zero-order valence-electron chi connectivity index (χ0n) is 14.1. The van der Waals surface area contributed by atoms with E-state index in [4.69, 9.17) is 10.00 Å². The molecule has 0 spiro atoms. The fraction of sp³-hybridized carbons (Fsp3) is 0.350. The highest BCUT2D eigenvalue weighted by molar-refractivity contribution is 5.48. The van der Waals surface area contributed by atoms with E-state index in [2.05, 4.69) is 47.1 Å². The van der Waals surface area contributed by atoms with Crippen LogP contribution in [0, 0.1) is 18.3 Å². The largest absolute Gasteiger partial charge is 0.492 e. The Morgan fingerprint density at radius 2 is 1.79 bits per heavy atom. The molecule has 0 amide bonds. The van der Waals surface area contributed by atoms with Crippen molar-refractivity contribution in [3.63, 3.8) is 0 Å². The molecule has 0 unspecified atom stereocenters. The van der Waals surface area contributed by atoms with Gasteiger partial charge in [-0.3, -0.25) is 4.90 Å². The van der Waals surface area contributed by atoms with E-state index in [-0.39, 0.29) is 0 Å². The Labute approximate surface area is 143 Å². The third kappa shape index (κ3) is 4.27. The minimum Gasteiger partial charge on any atom is -0.492 e. The fourth-order valence-electron chi connectivity index (χ4n) is 2.97. The van der Waals surface area contributed by atoms with Crippen LogP contribution in [0.15, 0.2) is 48.5 Å². The van der Waals surface area contributed by atoms with Crippen molar-refractivity contribution in [1.29, 1.82) is 5.26 Å². The highest BCUT2D eigenvalue weighted by Crippen LogP contribution is 2.18. The molecule has 0 radical (unpaired) electrons. The van der Waals surface area contributed by atoms with E-state index in [0.717, 1.165) is 38.5 Å². The summed E-state index contributed by atoms with van der Waals surface area (Å²) in [6.45, 7) is 7.98. The second-order valence-electron chi connectivity index (χ2n) is 6.15. The monoisotopic (exact) mass is 321 g/mol. The van der Waals surface area contributed by atoms with Crippen LogP contribution in [-0.4, -0.2) is 44.2 Å². The lowest BCUT2D eigenvalue weighted by atomic mass is 10.2. The van der Waals surface area contributed by atoms with Gasteiger partial charge in [-0.2, -0.15) is 5.26 Å². The molecule has 2 aromatic rings. The number of nitriles is 1. The van der Waals surface area contributed by atoms with Crippen molar-refractivity contribution in [3.8, 4) is 11.8 Å². The first-order valence-corrected chi connectivity index (χ1v) is 8.41. The maximum Gasteiger partial charge on any atom is 0.119 e. The van der Waals surface area contributed by atoms with Gasteiger partial charge < -0.3 is 9.64 Å². The Balaban J connectivity index is 1.41. The molecular weight excluding hydrogens is 298 g/mol. The first-order chi connectivity index (χ1) is 11.7. The Morgan fingerprint density at radius 3 is 2.46 bits per heavy atom. The molecule has 0 aliphatic carbocycles. The van der Waals surface area contributed by atoms with Crippen molar-refractivity contribution < 1.29 is 4.74 Å². The first-order valence-electron chi connectivity index (χ1n) is 8.41. The predicted octanol–water partition coefficient (Wildman–Crippen LogP) is 3.07. The third-order valence-corrected chi connectivity index (χ3v) is 4.40. The standard InChI is InChI=1S/C20H23N3O/c1-17-3-2-4-19(15-17)23-11-9-22(10-12-23)13-14-24-20-7-5-18(16-21)6-8-20/h2-8,15H,9-14H2,1H3. The SMILES string of the molecule is Cc1cccc(N2CCN(CCOc3ccc(C#N)cc3)CC2)c1. The van der Waals surface area contributed by atoms with Crippen LogP contribution in [0.3, 0.4) is 0 Å². The lowest BCUT2D eigenvalue weighted by Crippen LogP contribution is -2.47. The highest BCUT2D eigenvalue weighted by atomic mass is 16.5. The maximum absolute atomic E-state index is 8.79. The zero-order chi connectivity index (χ0) is 16.8. The number of hydrogen-bond donors (Lipinski definition) is 0. The lowest BCUT2D eigenvalue weighted by Gasteiger charge is -2.36. The van der Waals surface area contributed by atoms with Crippen LogP contribution in [0.2, 0.25) is 0 Å². The fourth-order valence-corrected chi connectivity index (χ4v) is 2.97. The summed E-state index contributed by atoms with van der Waals surface area (Å²) in [6, 6.07) is 18.1. The van der Waals surface area contributed by atoms with Crippen LogP contribution in [0.5, 0.6) is 5.75 Å². The van der Waals surface area contributed by atoms with Gasteiger partial charge in [0.2, 0.25) is 0 Å². The molecule has 0 atom stereocenters. The summed E-state index contributed by atoms with van der Waals surface area (Å²) in [6.07, 6.45) is 0. The van der Waals surface area contributed by atoms with Gasteiger partial charge in [-0.15, -0.1) is 0 Å². The van der Waals surface area contributed by atoms with Gasteiger partial charge in [-0.1, -0.05) is 12.1 Å². The van der Waals surface area contributed by atoms with Crippen LogP contribution in [0.4, 0.5) is 5.69 Å². The van der Waals surface area contributed by atoms with Gasteiger partial charge in [0, 0.05) is 38.4 Å². The summed E-state index contributed by atoms with van der Waals surface area (Å²) in [5.41, 5.74) is 3.30. The molecular formula is C20H23N3O. The summed E-state index contributed by atoms with van der Waals surface area (Å²) in [4.78, 5) is 4.89. The smallest absolute Gasteiger partial charge is 0.119 e. The van der Waals surface area contributed by atoms with E-state index >= 15 is 0 Å². The van der Waals surface area contributed by atoms with Crippen LogP contribution >= 0.6 is 0 Å². The zero-order valence-corrected chi connectivity index (χ0v) is 14.1. The van der Waals surface area contributed by atoms with E-state index in [0.29, 0.717) is 12.2 Å². The van der Waals surface area contributed by atoms with Crippen molar-refractivity contribution in [3.05, 3.63) is 59.7 Å². The molecule has 0 bridgehead atoms. The molecule has 1 fully saturated rings. The molecule has 2 aromatic carbocycles. The van der Waals surface area contributed by atoms with Crippen LogP contribution in [0.25, 0.3) is 0 Å². The molecule has 0 aromatic heterocycles. The molecule has 0 saturated carbocycles. The minimum atomic E-state index is 0.662. The third-order valence-electron chi connectivity index (χ3n) is 4.40. The van der Waals surface area contributed by atoms with E-state index < -0.39 is 0 Å². The first kappa shape index (κ1) is 16.4. The number of aryl methyl sites for hydroxylation is 1. The highest BCUT2D eigenvalue weighted by Gasteiger charge is 2.16. The molecule has 1 aliphatic heterocycles. The molecule has 0 N–H and O–H groups in total. The Kier molecular flexibility index (Phi) is 5.35. The molecule has 24 heavy (non-hydrogen) atoms. The molecule has 1 heterocycles. The van der Waals surface area contributed by atoms with Gasteiger partial charge in [0.25, 0.3) is 0 Å². The van der Waals surface area contributed by atoms with Crippen molar-refractivity contribution in [1.82, 2.24) is 4.90 Å². The van der Waals surface area contributed by atoms with Crippen molar-refractivity contribution in [2.45, 2.75) is 6.92 Å². The van der Waals surface area contributed by atoms with Gasteiger partial charge in [0.05, 0.1) is 11.6 Å². The van der Waals surface area contributed by atoms with E-state index in [1.54, 1.807) is 12.1 Å². The predicted molar refractivity (Wildman–Crippen MR) is 96.5 cm³/mol. The molecule has 3 rings (SSSR count). The molecule has 4 nitrogen and oxygen atoms in total. The van der Waals surface area contributed by atoms with Crippen LogP contribution < -0.4 is 9.64 Å². The molecule has 124 valence electrons. The number of anilines is 1. The van der Waals surface area contributed by atoms with Crippen molar-refractivity contribution in [2.75, 3.05) is 44.2 Å². The van der Waals surface area contributed by atoms with Gasteiger partial charge in [0.15, 0.2) is 0 Å². The molecule has 1 aliphatic rings. The average molecular weight is 321 g/mol. The topological polar surface area (TPSA) is 39.5 Å². The van der Waals surface area contributed by atoms with E-state index in [1.807, 2.05) is 12.1 Å². The summed E-state index contributed by atoms with van der Waals surface area (Å²) in [5, 5.41) is 8.79. The van der Waals surface area contributed by atoms with E-state index in [9.17, 15) is 0 Å². The Morgan fingerprint density at radius 1 is 1.04 bits per heavy atom.